The lowest BCUT2D eigenvalue weighted by molar-refractivity contribution is -0.129. The number of ether oxygens (including phenoxy) is 1. The van der Waals surface area contributed by atoms with Gasteiger partial charge in [0.1, 0.15) is 11.7 Å². The van der Waals surface area contributed by atoms with Crippen LogP contribution in [0.2, 0.25) is 0 Å². The van der Waals surface area contributed by atoms with Gasteiger partial charge in [-0.1, -0.05) is 5.16 Å². The number of oxime groups is 1. The van der Waals surface area contributed by atoms with E-state index in [0.29, 0.717) is 13.0 Å². The average molecular weight is 270 g/mol. The minimum Gasteiger partial charge on any atom is -0.477 e. The van der Waals surface area contributed by atoms with Gasteiger partial charge >= 0.3 is 12.1 Å². The van der Waals surface area contributed by atoms with Crippen molar-refractivity contribution in [1.82, 2.24) is 4.90 Å². The average Bonchev–Trinajstić information content (AvgIpc) is 2.68. The number of carbonyl (C=O) groups is 2. The molecule has 0 radical (unpaired) electrons. The van der Waals surface area contributed by atoms with Gasteiger partial charge in [-0.3, -0.25) is 0 Å². The molecule has 2 heterocycles. The Kier molecular flexibility index (Phi) is 3.38. The fourth-order valence-electron chi connectivity index (χ4n) is 2.20. The van der Waals surface area contributed by atoms with Gasteiger partial charge in [-0.25, -0.2) is 9.59 Å². The van der Waals surface area contributed by atoms with Crippen LogP contribution in [0, 0.1) is 5.92 Å². The number of carboxylic acid groups (broad SMARTS) is 1. The number of hydrogen-bond donors (Lipinski definition) is 1. The van der Waals surface area contributed by atoms with E-state index in [1.54, 1.807) is 20.8 Å². The molecule has 2 aliphatic rings. The third-order valence-electron chi connectivity index (χ3n) is 3.06. The van der Waals surface area contributed by atoms with E-state index in [-0.39, 0.29) is 24.3 Å². The molecule has 2 rings (SSSR count). The third kappa shape index (κ3) is 2.97. The van der Waals surface area contributed by atoms with Gasteiger partial charge in [-0.05, 0) is 20.8 Å². The Bertz CT molecular complexity index is 426. The molecule has 1 saturated heterocycles. The van der Waals surface area contributed by atoms with E-state index < -0.39 is 17.7 Å². The van der Waals surface area contributed by atoms with E-state index in [2.05, 4.69) is 5.16 Å². The van der Waals surface area contributed by atoms with Crippen molar-refractivity contribution in [3.8, 4) is 0 Å². The van der Waals surface area contributed by atoms with Crippen LogP contribution in [0.15, 0.2) is 5.16 Å². The summed E-state index contributed by atoms with van der Waals surface area (Å²) in [7, 11) is 0. The normalized spacial score (nSPS) is 26.3. The molecule has 0 unspecified atom stereocenters. The number of carboxylic acids is 1. The zero-order chi connectivity index (χ0) is 14.2. The molecular formula is C12H18N2O5. The number of piperidine rings is 1. The molecule has 1 N–H and O–H groups in total. The topological polar surface area (TPSA) is 88.4 Å². The lowest BCUT2D eigenvalue weighted by Crippen LogP contribution is -2.49. The van der Waals surface area contributed by atoms with Crippen LogP contribution in [0.4, 0.5) is 4.79 Å². The van der Waals surface area contributed by atoms with Crippen molar-refractivity contribution in [3.63, 3.8) is 0 Å². The largest absolute Gasteiger partial charge is 0.477 e. The maximum atomic E-state index is 12.0. The number of hydrogen-bond acceptors (Lipinski definition) is 5. The Morgan fingerprint density at radius 2 is 2.16 bits per heavy atom. The molecule has 7 heteroatoms. The highest BCUT2D eigenvalue weighted by Gasteiger charge is 2.43. The fraction of sp³-hybridized carbons (Fsp3) is 0.750. The van der Waals surface area contributed by atoms with E-state index in [1.165, 1.54) is 4.90 Å². The van der Waals surface area contributed by atoms with Gasteiger partial charge in [0.25, 0.3) is 0 Å². The van der Waals surface area contributed by atoms with Crippen molar-refractivity contribution in [2.75, 3.05) is 13.1 Å². The Labute approximate surface area is 111 Å². The Morgan fingerprint density at radius 3 is 2.74 bits per heavy atom. The first-order valence-corrected chi connectivity index (χ1v) is 6.23. The van der Waals surface area contributed by atoms with Crippen LogP contribution in [0.25, 0.3) is 0 Å². The molecule has 106 valence electrons. The minimum atomic E-state index is -1.10. The van der Waals surface area contributed by atoms with Crippen molar-refractivity contribution in [1.29, 1.82) is 0 Å². The first kappa shape index (κ1) is 13.6. The molecule has 0 bridgehead atoms. The molecule has 1 amide bonds. The molecule has 0 aromatic heterocycles. The van der Waals surface area contributed by atoms with Gasteiger partial charge in [0, 0.05) is 19.5 Å². The Hall–Kier alpha value is -1.79. The van der Waals surface area contributed by atoms with E-state index >= 15 is 0 Å². The standard InChI is InChI=1S/C12H18N2O5/c1-12(2,3)18-11(17)14-5-4-8-7(6-14)9(10(15)16)13-19-8/h7-8H,4-6H2,1-3H3,(H,15,16)/t7-,8-/m0/s1. The fourth-order valence-corrected chi connectivity index (χ4v) is 2.20. The van der Waals surface area contributed by atoms with Crippen molar-refractivity contribution in [3.05, 3.63) is 0 Å². The molecule has 0 aromatic rings. The molecule has 0 aromatic carbocycles. The summed E-state index contributed by atoms with van der Waals surface area (Å²) in [4.78, 5) is 29.6. The maximum absolute atomic E-state index is 12.0. The number of carbonyl (C=O) groups excluding carboxylic acids is 1. The van der Waals surface area contributed by atoms with Gasteiger partial charge in [-0.15, -0.1) is 0 Å². The maximum Gasteiger partial charge on any atom is 0.410 e. The number of rotatable bonds is 1. The first-order chi connectivity index (χ1) is 8.78. The van der Waals surface area contributed by atoms with Gasteiger partial charge < -0.3 is 19.6 Å². The van der Waals surface area contributed by atoms with Crippen LogP contribution in [0.5, 0.6) is 0 Å². The molecule has 0 spiro atoms. The molecule has 0 saturated carbocycles. The van der Waals surface area contributed by atoms with Gasteiger partial charge in [-0.2, -0.15) is 0 Å². The number of likely N-dealkylation sites (tertiary alicyclic amines) is 1. The number of nitrogens with zero attached hydrogens (tertiary/aromatic N) is 2. The first-order valence-electron chi connectivity index (χ1n) is 6.23. The van der Waals surface area contributed by atoms with Gasteiger partial charge in [0.05, 0.1) is 5.92 Å². The van der Waals surface area contributed by atoms with Crippen LogP contribution in [0.1, 0.15) is 27.2 Å². The highest BCUT2D eigenvalue weighted by molar-refractivity contribution is 6.36. The van der Waals surface area contributed by atoms with Crippen molar-refractivity contribution < 1.29 is 24.3 Å². The Balaban J connectivity index is 2.02. The molecule has 2 atom stereocenters. The summed E-state index contributed by atoms with van der Waals surface area (Å²) in [5, 5.41) is 12.6. The van der Waals surface area contributed by atoms with E-state index in [1.807, 2.05) is 0 Å². The summed E-state index contributed by atoms with van der Waals surface area (Å²) in [5.74, 6) is -1.47. The summed E-state index contributed by atoms with van der Waals surface area (Å²) < 4.78 is 5.28. The lowest BCUT2D eigenvalue weighted by atomic mass is 9.91. The highest BCUT2D eigenvalue weighted by atomic mass is 16.6. The second kappa shape index (κ2) is 4.71. The second-order valence-electron chi connectivity index (χ2n) is 5.75. The molecule has 2 aliphatic heterocycles. The van der Waals surface area contributed by atoms with Crippen molar-refractivity contribution >= 4 is 17.8 Å². The summed E-state index contributed by atoms with van der Waals surface area (Å²) in [5.41, 5.74) is -0.581. The van der Waals surface area contributed by atoms with Gasteiger partial charge in [0.2, 0.25) is 0 Å². The zero-order valence-electron chi connectivity index (χ0n) is 11.3. The quantitative estimate of drug-likeness (QED) is 0.770. The number of fused-ring (bicyclic) bond motifs is 1. The van der Waals surface area contributed by atoms with Crippen LogP contribution in [0.3, 0.4) is 0 Å². The van der Waals surface area contributed by atoms with Gasteiger partial charge in [0.15, 0.2) is 5.71 Å². The van der Waals surface area contributed by atoms with Crippen molar-refractivity contribution in [2.45, 2.75) is 38.9 Å². The molecule has 7 nitrogen and oxygen atoms in total. The zero-order valence-corrected chi connectivity index (χ0v) is 11.3. The van der Waals surface area contributed by atoms with Crippen LogP contribution < -0.4 is 0 Å². The monoisotopic (exact) mass is 270 g/mol. The van der Waals surface area contributed by atoms with E-state index in [9.17, 15) is 9.59 Å². The smallest absolute Gasteiger partial charge is 0.410 e. The molecule has 19 heavy (non-hydrogen) atoms. The third-order valence-corrected chi connectivity index (χ3v) is 3.06. The van der Waals surface area contributed by atoms with Crippen LogP contribution >= 0.6 is 0 Å². The predicted molar refractivity (Wildman–Crippen MR) is 65.9 cm³/mol. The summed E-state index contributed by atoms with van der Waals surface area (Å²) in [6.45, 7) is 6.13. The van der Waals surface area contributed by atoms with Crippen molar-refractivity contribution in [2.24, 2.45) is 11.1 Å². The predicted octanol–water partition coefficient (Wildman–Crippen LogP) is 1.08. The summed E-state index contributed by atoms with van der Waals surface area (Å²) in [6, 6.07) is 0. The van der Waals surface area contributed by atoms with E-state index in [0.717, 1.165) is 0 Å². The lowest BCUT2D eigenvalue weighted by Gasteiger charge is -2.34. The van der Waals surface area contributed by atoms with Crippen LogP contribution in [-0.2, 0) is 14.4 Å². The van der Waals surface area contributed by atoms with Crippen LogP contribution in [-0.4, -0.2) is 52.6 Å². The second-order valence-corrected chi connectivity index (χ2v) is 5.75. The van der Waals surface area contributed by atoms with E-state index in [4.69, 9.17) is 14.7 Å². The molecule has 0 aliphatic carbocycles. The summed E-state index contributed by atoms with van der Waals surface area (Å²) >= 11 is 0. The molecular weight excluding hydrogens is 252 g/mol. The number of aliphatic carboxylic acids is 1. The Morgan fingerprint density at radius 1 is 1.47 bits per heavy atom. The molecule has 1 fully saturated rings. The SMILES string of the molecule is CC(C)(C)OC(=O)N1CC[C@@H]2ON=C(C(=O)O)[C@H]2C1. The minimum absolute atomic E-state index is 0.0155. The summed E-state index contributed by atoms with van der Waals surface area (Å²) in [6.07, 6.45) is -0.114. The highest BCUT2D eigenvalue weighted by Crippen LogP contribution is 2.28. The number of amides is 1.